The van der Waals surface area contributed by atoms with E-state index < -0.39 is 18.1 Å². The smallest absolute Gasteiger partial charge is 0.326 e. The van der Waals surface area contributed by atoms with E-state index in [4.69, 9.17) is 17.3 Å². The minimum absolute atomic E-state index is 0.267. The van der Waals surface area contributed by atoms with Crippen molar-refractivity contribution in [3.63, 3.8) is 0 Å². The standard InChI is InChI=1S/C7H11NO3S/c1-4(12)8-3-5(9)2-6(8)7(10)11/h5-6,9H,2-3H2,1H3,(H,10,11)/t5?,6-/m0/s1. The number of β-amino-alcohol motifs (C(OH)–C–C–N with tert-alkyl or cyclic N) is 1. The van der Waals surface area contributed by atoms with Crippen LogP contribution in [0.3, 0.4) is 0 Å². The molecule has 1 aliphatic heterocycles. The lowest BCUT2D eigenvalue weighted by Gasteiger charge is -2.21. The highest BCUT2D eigenvalue weighted by molar-refractivity contribution is 7.80. The number of aliphatic carboxylic acids is 1. The van der Waals surface area contributed by atoms with E-state index in [1.807, 2.05) is 0 Å². The molecule has 0 aromatic heterocycles. The first kappa shape index (κ1) is 9.41. The molecule has 0 amide bonds. The highest BCUT2D eigenvalue weighted by Gasteiger charge is 2.35. The highest BCUT2D eigenvalue weighted by Crippen LogP contribution is 2.18. The van der Waals surface area contributed by atoms with Gasteiger partial charge < -0.3 is 15.1 Å². The van der Waals surface area contributed by atoms with Crippen molar-refractivity contribution in [2.24, 2.45) is 0 Å². The number of aliphatic hydroxyl groups is 1. The first-order chi connectivity index (χ1) is 5.52. The number of rotatable bonds is 1. The Kier molecular flexibility index (Phi) is 2.64. The average molecular weight is 189 g/mol. The molecular weight excluding hydrogens is 178 g/mol. The van der Waals surface area contributed by atoms with Crippen LogP contribution < -0.4 is 0 Å². The van der Waals surface area contributed by atoms with Crippen molar-refractivity contribution < 1.29 is 15.0 Å². The third kappa shape index (κ3) is 1.73. The van der Waals surface area contributed by atoms with Gasteiger partial charge in [-0.2, -0.15) is 0 Å². The van der Waals surface area contributed by atoms with E-state index in [-0.39, 0.29) is 6.42 Å². The van der Waals surface area contributed by atoms with Gasteiger partial charge in [-0.05, 0) is 6.92 Å². The maximum absolute atomic E-state index is 10.6. The first-order valence-electron chi connectivity index (χ1n) is 3.70. The maximum Gasteiger partial charge on any atom is 0.326 e. The molecule has 1 rings (SSSR count). The SMILES string of the molecule is CC(=S)N1CC(O)C[C@H]1C(=O)O. The molecule has 2 atom stereocenters. The van der Waals surface area contributed by atoms with Crippen LogP contribution >= 0.6 is 12.2 Å². The van der Waals surface area contributed by atoms with Crippen LogP contribution in [0.4, 0.5) is 0 Å². The van der Waals surface area contributed by atoms with E-state index in [2.05, 4.69) is 0 Å². The number of hydrogen-bond acceptors (Lipinski definition) is 3. The van der Waals surface area contributed by atoms with Crippen molar-refractivity contribution in [2.45, 2.75) is 25.5 Å². The van der Waals surface area contributed by atoms with Crippen LogP contribution in [0.5, 0.6) is 0 Å². The lowest BCUT2D eigenvalue weighted by molar-refractivity contribution is -0.140. The van der Waals surface area contributed by atoms with E-state index in [0.717, 1.165) is 0 Å². The van der Waals surface area contributed by atoms with Gasteiger partial charge in [0, 0.05) is 13.0 Å². The summed E-state index contributed by atoms with van der Waals surface area (Å²) in [6.45, 7) is 2.01. The van der Waals surface area contributed by atoms with E-state index in [1.165, 1.54) is 0 Å². The van der Waals surface area contributed by atoms with E-state index in [1.54, 1.807) is 11.8 Å². The van der Waals surface area contributed by atoms with E-state index >= 15 is 0 Å². The minimum Gasteiger partial charge on any atom is -0.480 e. The van der Waals surface area contributed by atoms with Gasteiger partial charge in [0.15, 0.2) is 0 Å². The number of carboxylic acid groups (broad SMARTS) is 1. The summed E-state index contributed by atoms with van der Waals surface area (Å²) in [5, 5.41) is 17.9. The van der Waals surface area contributed by atoms with Gasteiger partial charge >= 0.3 is 5.97 Å². The molecule has 0 bridgehead atoms. The summed E-state index contributed by atoms with van der Waals surface area (Å²) in [5.74, 6) is -0.921. The normalized spacial score (nSPS) is 29.0. The Morgan fingerprint density at radius 2 is 2.25 bits per heavy atom. The molecule has 0 radical (unpaired) electrons. The fourth-order valence-corrected chi connectivity index (χ4v) is 1.60. The predicted molar refractivity (Wildman–Crippen MR) is 47.0 cm³/mol. The molecule has 1 heterocycles. The second-order valence-corrected chi connectivity index (χ2v) is 3.51. The Balaban J connectivity index is 2.72. The zero-order chi connectivity index (χ0) is 9.30. The van der Waals surface area contributed by atoms with Gasteiger partial charge in [0.2, 0.25) is 0 Å². The zero-order valence-electron chi connectivity index (χ0n) is 6.73. The number of thiocarbonyl (C=S) groups is 1. The van der Waals surface area contributed by atoms with Crippen LogP contribution in [0.2, 0.25) is 0 Å². The van der Waals surface area contributed by atoms with Gasteiger partial charge in [-0.1, -0.05) is 12.2 Å². The van der Waals surface area contributed by atoms with Gasteiger partial charge in [0.25, 0.3) is 0 Å². The zero-order valence-corrected chi connectivity index (χ0v) is 7.54. The summed E-state index contributed by atoms with van der Waals surface area (Å²) in [7, 11) is 0. The number of aliphatic hydroxyl groups excluding tert-OH is 1. The molecule has 0 aliphatic carbocycles. The fraction of sp³-hybridized carbons (Fsp3) is 0.714. The quantitative estimate of drug-likeness (QED) is 0.562. The molecule has 12 heavy (non-hydrogen) atoms. The molecule has 68 valence electrons. The van der Waals surface area contributed by atoms with Crippen LogP contribution in [0.25, 0.3) is 0 Å². The Hall–Kier alpha value is -0.680. The van der Waals surface area contributed by atoms with Crippen LogP contribution in [0.1, 0.15) is 13.3 Å². The number of hydrogen-bond donors (Lipinski definition) is 2. The molecule has 5 heteroatoms. The Bertz CT molecular complexity index is 197. The Morgan fingerprint density at radius 3 is 2.58 bits per heavy atom. The molecule has 1 unspecified atom stereocenters. The number of carboxylic acids is 1. The largest absolute Gasteiger partial charge is 0.480 e. The summed E-state index contributed by atoms with van der Waals surface area (Å²) < 4.78 is 0. The Labute approximate surface area is 75.8 Å². The van der Waals surface area contributed by atoms with Crippen molar-refractivity contribution in [2.75, 3.05) is 6.54 Å². The molecule has 2 N–H and O–H groups in total. The van der Waals surface area contributed by atoms with E-state index in [0.29, 0.717) is 11.5 Å². The van der Waals surface area contributed by atoms with Crippen LogP contribution in [0, 0.1) is 0 Å². The monoisotopic (exact) mass is 189 g/mol. The fourth-order valence-electron chi connectivity index (χ4n) is 1.40. The molecule has 0 aromatic carbocycles. The maximum atomic E-state index is 10.6. The van der Waals surface area contributed by atoms with Crippen LogP contribution in [-0.4, -0.2) is 44.8 Å². The van der Waals surface area contributed by atoms with Crippen molar-refractivity contribution in [1.82, 2.24) is 4.90 Å². The minimum atomic E-state index is -0.921. The molecule has 1 fully saturated rings. The van der Waals surface area contributed by atoms with Gasteiger partial charge in [-0.3, -0.25) is 0 Å². The molecule has 0 saturated carbocycles. The van der Waals surface area contributed by atoms with Crippen LogP contribution in [-0.2, 0) is 4.79 Å². The third-order valence-corrected chi connectivity index (χ3v) is 2.20. The molecular formula is C7H11NO3S. The third-order valence-electron chi connectivity index (χ3n) is 1.97. The van der Waals surface area contributed by atoms with Crippen molar-refractivity contribution in [1.29, 1.82) is 0 Å². The molecule has 4 nitrogen and oxygen atoms in total. The summed E-state index contributed by atoms with van der Waals surface area (Å²) in [5.41, 5.74) is 0. The average Bonchev–Trinajstić information content (AvgIpc) is 2.31. The second kappa shape index (κ2) is 3.37. The molecule has 0 spiro atoms. The number of carbonyl (C=O) groups is 1. The predicted octanol–water partition coefficient (Wildman–Crippen LogP) is -0.146. The summed E-state index contributed by atoms with van der Waals surface area (Å²) in [4.78, 5) is 12.7. The second-order valence-electron chi connectivity index (χ2n) is 2.91. The molecule has 1 saturated heterocycles. The summed E-state index contributed by atoms with van der Waals surface area (Å²) in [6, 6.07) is -0.641. The van der Waals surface area contributed by atoms with Gasteiger partial charge in [0.05, 0.1) is 11.1 Å². The Morgan fingerprint density at radius 1 is 1.67 bits per heavy atom. The van der Waals surface area contributed by atoms with Crippen molar-refractivity contribution in [3.8, 4) is 0 Å². The van der Waals surface area contributed by atoms with Crippen molar-refractivity contribution >= 4 is 23.2 Å². The molecule has 0 aromatic rings. The number of nitrogens with zero attached hydrogens (tertiary/aromatic N) is 1. The number of likely N-dealkylation sites (tertiary alicyclic amines) is 1. The van der Waals surface area contributed by atoms with Gasteiger partial charge in [0.1, 0.15) is 6.04 Å². The lowest BCUT2D eigenvalue weighted by Crippen LogP contribution is -2.38. The van der Waals surface area contributed by atoms with Gasteiger partial charge in [-0.25, -0.2) is 4.79 Å². The first-order valence-corrected chi connectivity index (χ1v) is 4.11. The lowest BCUT2D eigenvalue weighted by atomic mass is 10.2. The van der Waals surface area contributed by atoms with Crippen LogP contribution in [0.15, 0.2) is 0 Å². The topological polar surface area (TPSA) is 60.8 Å². The highest BCUT2D eigenvalue weighted by atomic mass is 32.1. The van der Waals surface area contributed by atoms with E-state index in [9.17, 15) is 9.90 Å². The molecule has 1 aliphatic rings. The van der Waals surface area contributed by atoms with Gasteiger partial charge in [-0.15, -0.1) is 0 Å². The summed E-state index contributed by atoms with van der Waals surface area (Å²) in [6.07, 6.45) is -0.299. The van der Waals surface area contributed by atoms with Crippen molar-refractivity contribution in [3.05, 3.63) is 0 Å². The summed E-state index contributed by atoms with van der Waals surface area (Å²) >= 11 is 4.86.